The van der Waals surface area contributed by atoms with Gasteiger partial charge in [-0.3, -0.25) is 9.79 Å². The van der Waals surface area contributed by atoms with Gasteiger partial charge in [0.1, 0.15) is 0 Å². The minimum absolute atomic E-state index is 0.0680. The van der Waals surface area contributed by atoms with Crippen molar-refractivity contribution in [2.75, 3.05) is 18.9 Å². The minimum Gasteiger partial charge on any atom is -0.356 e. The topological polar surface area (TPSA) is 65.5 Å². The maximum atomic E-state index is 12.0. The number of carbonyl (C=O) groups excluding carboxylic acids is 1. The molecule has 1 heterocycles. The van der Waals surface area contributed by atoms with E-state index in [2.05, 4.69) is 27.0 Å². The number of carbonyl (C=O) groups is 1. The number of nitrogens with zero attached hydrogens (tertiary/aromatic N) is 1. The fourth-order valence-electron chi connectivity index (χ4n) is 2.05. The Balaban J connectivity index is 1.74. The smallest absolute Gasteiger partial charge is 0.226 e. The van der Waals surface area contributed by atoms with Crippen molar-refractivity contribution in [1.82, 2.24) is 10.6 Å². The number of halogens is 1. The highest BCUT2D eigenvalue weighted by molar-refractivity contribution is 7.09. The second-order valence-corrected chi connectivity index (χ2v) is 6.58. The van der Waals surface area contributed by atoms with Crippen LogP contribution in [-0.4, -0.2) is 25.5 Å². The summed E-state index contributed by atoms with van der Waals surface area (Å²) >= 11 is 7.74. The molecular weight excluding hydrogens is 344 g/mol. The van der Waals surface area contributed by atoms with E-state index in [-0.39, 0.29) is 5.91 Å². The van der Waals surface area contributed by atoms with Gasteiger partial charge in [-0.1, -0.05) is 23.7 Å². The van der Waals surface area contributed by atoms with Crippen molar-refractivity contribution in [3.63, 3.8) is 0 Å². The summed E-state index contributed by atoms with van der Waals surface area (Å²) in [7, 11) is 1.71. The molecule has 1 amide bonds. The van der Waals surface area contributed by atoms with Crippen LogP contribution in [0.4, 0.5) is 5.69 Å². The van der Waals surface area contributed by atoms with Crippen molar-refractivity contribution in [3.05, 3.63) is 51.2 Å². The van der Waals surface area contributed by atoms with Crippen LogP contribution in [0.5, 0.6) is 0 Å². The molecule has 0 fully saturated rings. The molecule has 1 aromatic heterocycles. The van der Waals surface area contributed by atoms with E-state index in [0.29, 0.717) is 30.5 Å². The monoisotopic (exact) mass is 364 g/mol. The quantitative estimate of drug-likeness (QED) is 0.543. The summed E-state index contributed by atoms with van der Waals surface area (Å²) in [6.07, 6.45) is 0.339. The lowest BCUT2D eigenvalue weighted by Gasteiger charge is -2.12. The molecule has 5 nitrogen and oxygen atoms in total. The van der Waals surface area contributed by atoms with Crippen LogP contribution in [0.15, 0.2) is 40.7 Å². The fourth-order valence-corrected chi connectivity index (χ4v) is 2.87. The summed E-state index contributed by atoms with van der Waals surface area (Å²) in [6.45, 7) is 3.09. The van der Waals surface area contributed by atoms with Gasteiger partial charge in [0.15, 0.2) is 5.96 Å². The second kappa shape index (κ2) is 9.30. The van der Waals surface area contributed by atoms with Crippen LogP contribution in [0.1, 0.15) is 16.9 Å². The Kier molecular flexibility index (Phi) is 7.08. The van der Waals surface area contributed by atoms with E-state index in [1.165, 1.54) is 4.88 Å². The van der Waals surface area contributed by atoms with Crippen LogP contribution in [0.3, 0.4) is 0 Å². The Morgan fingerprint density at radius 2 is 2.08 bits per heavy atom. The third-order valence-electron chi connectivity index (χ3n) is 3.42. The molecule has 3 N–H and O–H groups in total. The SMILES string of the molecule is CN=C(NCCC(=O)Nc1cccc(Cl)c1C)NCc1cccs1. The van der Waals surface area contributed by atoms with Crippen molar-refractivity contribution in [2.24, 2.45) is 4.99 Å². The zero-order valence-electron chi connectivity index (χ0n) is 13.7. The number of anilines is 1. The first-order valence-corrected chi connectivity index (χ1v) is 8.87. The van der Waals surface area contributed by atoms with Crippen molar-refractivity contribution in [3.8, 4) is 0 Å². The maximum absolute atomic E-state index is 12.0. The van der Waals surface area contributed by atoms with Crippen LogP contribution >= 0.6 is 22.9 Å². The third kappa shape index (κ3) is 5.54. The first kappa shape index (κ1) is 18.3. The van der Waals surface area contributed by atoms with Gasteiger partial charge in [0.05, 0.1) is 6.54 Å². The average molecular weight is 365 g/mol. The summed E-state index contributed by atoms with van der Waals surface area (Å²) in [5.41, 5.74) is 1.61. The maximum Gasteiger partial charge on any atom is 0.226 e. The van der Waals surface area contributed by atoms with Gasteiger partial charge in [-0.15, -0.1) is 11.3 Å². The van der Waals surface area contributed by atoms with E-state index in [0.717, 1.165) is 11.3 Å². The minimum atomic E-state index is -0.0680. The fraction of sp³-hybridized carbons (Fsp3) is 0.294. The number of rotatable bonds is 6. The molecule has 7 heteroatoms. The van der Waals surface area contributed by atoms with Crippen LogP contribution in [0, 0.1) is 6.92 Å². The molecule has 0 aliphatic carbocycles. The Labute approximate surface area is 151 Å². The zero-order valence-corrected chi connectivity index (χ0v) is 15.3. The lowest BCUT2D eigenvalue weighted by Crippen LogP contribution is -2.38. The predicted molar refractivity (Wildman–Crippen MR) is 102 cm³/mol. The van der Waals surface area contributed by atoms with E-state index in [4.69, 9.17) is 11.6 Å². The second-order valence-electron chi connectivity index (χ2n) is 5.14. The van der Waals surface area contributed by atoms with Gasteiger partial charge in [0, 0.05) is 35.6 Å². The molecule has 0 bridgehead atoms. The molecule has 1 aromatic carbocycles. The molecule has 24 heavy (non-hydrogen) atoms. The standard InChI is InChI=1S/C17H21ClN4OS/c1-12-14(18)6-3-7-15(12)22-16(23)8-9-20-17(19-2)21-11-13-5-4-10-24-13/h3-7,10H,8-9,11H2,1-2H3,(H,22,23)(H2,19,20,21). The Bertz CT molecular complexity index is 701. The van der Waals surface area contributed by atoms with Gasteiger partial charge in [-0.25, -0.2) is 0 Å². The van der Waals surface area contributed by atoms with Crippen LogP contribution in [-0.2, 0) is 11.3 Å². The van der Waals surface area contributed by atoms with E-state index >= 15 is 0 Å². The number of amides is 1. The number of aliphatic imine (C=N–C) groups is 1. The molecule has 0 radical (unpaired) electrons. The van der Waals surface area contributed by atoms with Gasteiger partial charge in [-0.05, 0) is 36.1 Å². The molecule has 2 rings (SSSR count). The molecular formula is C17H21ClN4OS. The van der Waals surface area contributed by atoms with Crippen LogP contribution in [0.2, 0.25) is 5.02 Å². The Morgan fingerprint density at radius 3 is 2.79 bits per heavy atom. The molecule has 0 aliphatic rings. The predicted octanol–water partition coefficient (Wildman–Crippen LogP) is 3.40. The Hall–Kier alpha value is -2.05. The van der Waals surface area contributed by atoms with Crippen molar-refractivity contribution in [2.45, 2.75) is 19.9 Å². The van der Waals surface area contributed by atoms with Crippen LogP contribution in [0.25, 0.3) is 0 Å². The molecule has 0 saturated heterocycles. The first-order chi connectivity index (χ1) is 11.6. The highest BCUT2D eigenvalue weighted by atomic mass is 35.5. The number of benzene rings is 1. The average Bonchev–Trinajstić information content (AvgIpc) is 3.08. The number of nitrogens with one attached hydrogen (secondary N) is 3. The van der Waals surface area contributed by atoms with Crippen molar-refractivity contribution in [1.29, 1.82) is 0 Å². The number of hydrogen-bond donors (Lipinski definition) is 3. The van der Waals surface area contributed by atoms with E-state index in [9.17, 15) is 4.79 Å². The molecule has 0 aliphatic heterocycles. The molecule has 0 atom stereocenters. The van der Waals surface area contributed by atoms with E-state index < -0.39 is 0 Å². The summed E-state index contributed by atoms with van der Waals surface area (Å²) < 4.78 is 0. The highest BCUT2D eigenvalue weighted by Gasteiger charge is 2.07. The lowest BCUT2D eigenvalue weighted by atomic mass is 10.2. The summed E-state index contributed by atoms with van der Waals surface area (Å²) in [5, 5.41) is 11.9. The van der Waals surface area contributed by atoms with Gasteiger partial charge in [-0.2, -0.15) is 0 Å². The van der Waals surface area contributed by atoms with Crippen molar-refractivity contribution >= 4 is 40.5 Å². The lowest BCUT2D eigenvalue weighted by molar-refractivity contribution is -0.116. The van der Waals surface area contributed by atoms with Gasteiger partial charge in [0.2, 0.25) is 5.91 Å². The van der Waals surface area contributed by atoms with Crippen LogP contribution < -0.4 is 16.0 Å². The van der Waals surface area contributed by atoms with Gasteiger partial charge in [0.25, 0.3) is 0 Å². The molecule has 0 saturated carbocycles. The summed E-state index contributed by atoms with van der Waals surface area (Å²) in [6, 6.07) is 9.54. The number of thiophene rings is 1. The van der Waals surface area contributed by atoms with Crippen molar-refractivity contribution < 1.29 is 4.79 Å². The summed E-state index contributed by atoms with van der Waals surface area (Å²) in [5.74, 6) is 0.608. The zero-order chi connectivity index (χ0) is 17.4. The van der Waals surface area contributed by atoms with E-state index in [1.807, 2.05) is 30.5 Å². The number of hydrogen-bond acceptors (Lipinski definition) is 3. The summed E-state index contributed by atoms with van der Waals surface area (Å²) in [4.78, 5) is 17.4. The third-order valence-corrected chi connectivity index (χ3v) is 4.71. The number of guanidine groups is 1. The largest absolute Gasteiger partial charge is 0.356 e. The van der Waals surface area contributed by atoms with Gasteiger partial charge < -0.3 is 16.0 Å². The molecule has 0 unspecified atom stereocenters. The Morgan fingerprint density at radius 1 is 1.25 bits per heavy atom. The first-order valence-electron chi connectivity index (χ1n) is 7.62. The van der Waals surface area contributed by atoms with E-state index in [1.54, 1.807) is 24.5 Å². The normalized spacial score (nSPS) is 11.2. The molecule has 2 aromatic rings. The molecule has 0 spiro atoms. The van der Waals surface area contributed by atoms with Gasteiger partial charge >= 0.3 is 0 Å². The molecule has 128 valence electrons. The highest BCUT2D eigenvalue weighted by Crippen LogP contribution is 2.22.